The average Bonchev–Trinajstić information content (AvgIpc) is 2.70. The van der Waals surface area contributed by atoms with Gasteiger partial charge in [-0.15, -0.1) is 0 Å². The topological polar surface area (TPSA) is 171 Å². The summed E-state index contributed by atoms with van der Waals surface area (Å²) in [4.78, 5) is 49.0. The van der Waals surface area contributed by atoms with Gasteiger partial charge in [-0.25, -0.2) is 4.79 Å². The molecule has 174 valence electrons. The van der Waals surface area contributed by atoms with E-state index in [9.17, 15) is 24.3 Å². The number of hydrogen-bond donors (Lipinski definition) is 6. The van der Waals surface area contributed by atoms with Crippen LogP contribution in [0, 0.1) is 11.8 Å². The molecule has 0 aliphatic carbocycles. The van der Waals surface area contributed by atoms with Crippen molar-refractivity contribution in [3.8, 4) is 0 Å². The molecule has 0 heterocycles. The Morgan fingerprint density at radius 1 is 0.967 bits per heavy atom. The van der Waals surface area contributed by atoms with E-state index in [4.69, 9.17) is 10.8 Å². The molecule has 0 radical (unpaired) electrons. The number of hydrogen-bond acceptors (Lipinski definition) is 7. The maximum atomic E-state index is 12.8. The van der Waals surface area contributed by atoms with Crippen molar-refractivity contribution >= 4 is 35.5 Å². The summed E-state index contributed by atoms with van der Waals surface area (Å²) >= 11 is 1.48. The highest BCUT2D eigenvalue weighted by molar-refractivity contribution is 7.98. The minimum atomic E-state index is -1.17. The van der Waals surface area contributed by atoms with Gasteiger partial charge in [0.05, 0.1) is 6.61 Å². The Balaban J connectivity index is 5.40. The van der Waals surface area contributed by atoms with Crippen LogP contribution in [-0.2, 0) is 19.2 Å². The van der Waals surface area contributed by atoms with Crippen LogP contribution < -0.4 is 21.7 Å². The average molecular weight is 449 g/mol. The number of carboxylic acids is 1. The molecule has 0 fully saturated rings. The Hall–Kier alpha value is -1.85. The van der Waals surface area contributed by atoms with Crippen molar-refractivity contribution < 1.29 is 29.4 Å². The van der Waals surface area contributed by atoms with Crippen LogP contribution in [0.2, 0.25) is 0 Å². The number of aliphatic hydroxyl groups is 1. The first-order valence-corrected chi connectivity index (χ1v) is 11.4. The minimum absolute atomic E-state index is 0.286. The third kappa shape index (κ3) is 9.31. The molecule has 0 aliphatic rings. The largest absolute Gasteiger partial charge is 0.480 e. The van der Waals surface area contributed by atoms with Crippen LogP contribution >= 0.6 is 11.8 Å². The number of carboxylic acid groups (broad SMARTS) is 1. The fourth-order valence-electron chi connectivity index (χ4n) is 2.58. The summed E-state index contributed by atoms with van der Waals surface area (Å²) in [5.41, 5.74) is 5.49. The van der Waals surface area contributed by atoms with Gasteiger partial charge in [-0.1, -0.05) is 34.1 Å². The van der Waals surface area contributed by atoms with Gasteiger partial charge in [0.1, 0.15) is 24.2 Å². The van der Waals surface area contributed by atoms with Gasteiger partial charge in [0.2, 0.25) is 17.7 Å². The normalized spacial score (nSPS) is 16.1. The molecule has 5 unspecified atom stereocenters. The van der Waals surface area contributed by atoms with Crippen LogP contribution in [0.5, 0.6) is 0 Å². The number of aliphatic hydroxyl groups excluding tert-OH is 1. The van der Waals surface area contributed by atoms with E-state index in [0.29, 0.717) is 18.6 Å². The highest BCUT2D eigenvalue weighted by Gasteiger charge is 2.32. The molecule has 10 nitrogen and oxygen atoms in total. The Kier molecular flexibility index (Phi) is 13.3. The minimum Gasteiger partial charge on any atom is -0.480 e. The standard InChI is InChI=1S/C19H36N4O6S/c1-6-11(4)15(19(28)29)23-17(26)13(7-8-30-5)21-18(27)14(10(2)3)22-16(25)12(20)9-24/h10-15,24H,6-9,20H2,1-5H3,(H,21,27)(H,22,25)(H,23,26)(H,28,29). The first kappa shape index (κ1) is 28.1. The van der Waals surface area contributed by atoms with Crippen LogP contribution in [0.3, 0.4) is 0 Å². The van der Waals surface area contributed by atoms with Gasteiger partial charge in [0, 0.05) is 0 Å². The van der Waals surface area contributed by atoms with Gasteiger partial charge in [-0.2, -0.15) is 11.8 Å². The van der Waals surface area contributed by atoms with Crippen molar-refractivity contribution in [1.82, 2.24) is 16.0 Å². The molecule has 0 saturated heterocycles. The van der Waals surface area contributed by atoms with Gasteiger partial charge >= 0.3 is 5.97 Å². The highest BCUT2D eigenvalue weighted by atomic mass is 32.2. The summed E-state index contributed by atoms with van der Waals surface area (Å²) in [7, 11) is 0. The van der Waals surface area contributed by atoms with Gasteiger partial charge in [0.15, 0.2) is 0 Å². The Morgan fingerprint density at radius 2 is 1.53 bits per heavy atom. The fraction of sp³-hybridized carbons (Fsp3) is 0.789. The number of nitrogens with one attached hydrogen (secondary N) is 3. The smallest absolute Gasteiger partial charge is 0.326 e. The quantitative estimate of drug-likeness (QED) is 0.202. The molecule has 0 saturated carbocycles. The maximum absolute atomic E-state index is 12.8. The third-order valence-electron chi connectivity index (χ3n) is 4.80. The highest BCUT2D eigenvalue weighted by Crippen LogP contribution is 2.10. The third-order valence-corrected chi connectivity index (χ3v) is 5.44. The fourth-order valence-corrected chi connectivity index (χ4v) is 3.05. The van der Waals surface area contributed by atoms with Crippen molar-refractivity contribution in [2.75, 3.05) is 18.6 Å². The molecule has 7 N–H and O–H groups in total. The summed E-state index contributed by atoms with van der Waals surface area (Å²) in [6.45, 7) is 6.42. The monoisotopic (exact) mass is 448 g/mol. The number of aliphatic carboxylic acids is 1. The Morgan fingerprint density at radius 3 is 1.97 bits per heavy atom. The van der Waals surface area contributed by atoms with Crippen LogP contribution in [0.1, 0.15) is 40.5 Å². The number of rotatable bonds is 14. The number of thioether (sulfide) groups is 1. The van der Waals surface area contributed by atoms with E-state index in [0.717, 1.165) is 0 Å². The van der Waals surface area contributed by atoms with E-state index in [-0.39, 0.29) is 11.8 Å². The second-order valence-electron chi connectivity index (χ2n) is 7.57. The first-order chi connectivity index (χ1) is 14.0. The Bertz CT molecular complexity index is 589. The summed E-state index contributed by atoms with van der Waals surface area (Å²) in [5.74, 6) is -3.03. The molecule has 5 atom stereocenters. The molecular formula is C19H36N4O6S. The summed E-state index contributed by atoms with van der Waals surface area (Å²) in [6, 6.07) is -4.16. The molecule has 30 heavy (non-hydrogen) atoms. The summed E-state index contributed by atoms with van der Waals surface area (Å²) in [5, 5.41) is 26.1. The van der Waals surface area contributed by atoms with Gasteiger partial charge < -0.3 is 31.9 Å². The van der Waals surface area contributed by atoms with E-state index in [2.05, 4.69) is 16.0 Å². The predicted octanol–water partition coefficient (Wildman–Crippen LogP) is -0.700. The van der Waals surface area contributed by atoms with E-state index >= 15 is 0 Å². The first-order valence-electron chi connectivity index (χ1n) is 9.99. The van der Waals surface area contributed by atoms with Crippen molar-refractivity contribution in [2.24, 2.45) is 17.6 Å². The number of carbonyl (C=O) groups is 4. The van der Waals surface area contributed by atoms with Gasteiger partial charge in [-0.3, -0.25) is 14.4 Å². The molecule has 0 aromatic rings. The predicted molar refractivity (Wildman–Crippen MR) is 116 cm³/mol. The number of nitrogens with two attached hydrogens (primary N) is 1. The zero-order valence-corrected chi connectivity index (χ0v) is 19.1. The molecule has 0 bridgehead atoms. The van der Waals surface area contributed by atoms with Crippen LogP contribution in [-0.4, -0.2) is 76.7 Å². The molecular weight excluding hydrogens is 412 g/mol. The molecule has 0 aromatic carbocycles. The van der Waals surface area contributed by atoms with Crippen molar-refractivity contribution in [3.63, 3.8) is 0 Å². The SMILES string of the molecule is CCC(C)C(NC(=O)C(CCSC)NC(=O)C(NC(=O)C(N)CO)C(C)C)C(=O)O. The second-order valence-corrected chi connectivity index (χ2v) is 8.56. The molecule has 0 rings (SSSR count). The summed E-state index contributed by atoms with van der Waals surface area (Å²) < 4.78 is 0. The molecule has 0 aromatic heterocycles. The zero-order chi connectivity index (χ0) is 23.4. The van der Waals surface area contributed by atoms with Gasteiger partial charge in [0.25, 0.3) is 0 Å². The van der Waals surface area contributed by atoms with Crippen LogP contribution in [0.25, 0.3) is 0 Å². The van der Waals surface area contributed by atoms with Crippen molar-refractivity contribution in [1.29, 1.82) is 0 Å². The lowest BCUT2D eigenvalue weighted by atomic mass is 9.98. The lowest BCUT2D eigenvalue weighted by Gasteiger charge is -2.27. The zero-order valence-electron chi connectivity index (χ0n) is 18.3. The lowest BCUT2D eigenvalue weighted by molar-refractivity contribution is -0.144. The van der Waals surface area contributed by atoms with E-state index < -0.39 is 54.5 Å². The van der Waals surface area contributed by atoms with E-state index in [1.165, 1.54) is 11.8 Å². The second kappa shape index (κ2) is 14.2. The number of amides is 3. The molecule has 0 spiro atoms. The van der Waals surface area contributed by atoms with Crippen molar-refractivity contribution in [2.45, 2.75) is 64.7 Å². The molecule has 11 heteroatoms. The van der Waals surface area contributed by atoms with E-state index in [1.807, 2.05) is 13.2 Å². The molecule has 0 aliphatic heterocycles. The van der Waals surface area contributed by atoms with Crippen molar-refractivity contribution in [3.05, 3.63) is 0 Å². The maximum Gasteiger partial charge on any atom is 0.326 e. The Labute approximate surface area is 182 Å². The van der Waals surface area contributed by atoms with Crippen LogP contribution in [0.15, 0.2) is 0 Å². The number of carbonyl (C=O) groups excluding carboxylic acids is 3. The van der Waals surface area contributed by atoms with Gasteiger partial charge in [-0.05, 0) is 30.3 Å². The van der Waals surface area contributed by atoms with Crippen LogP contribution in [0.4, 0.5) is 0 Å². The molecule has 3 amide bonds. The van der Waals surface area contributed by atoms with E-state index in [1.54, 1.807) is 20.8 Å². The lowest BCUT2D eigenvalue weighted by Crippen LogP contribution is -2.59. The summed E-state index contributed by atoms with van der Waals surface area (Å²) in [6.07, 6.45) is 2.70.